The number of aryl methyl sites for hydroxylation is 1. The lowest BCUT2D eigenvalue weighted by molar-refractivity contribution is 0.931. The Balaban J connectivity index is 2.12. The van der Waals surface area contributed by atoms with Crippen LogP contribution in [-0.2, 0) is 6.54 Å². The van der Waals surface area contributed by atoms with E-state index in [2.05, 4.69) is 20.6 Å². The van der Waals surface area contributed by atoms with Crippen LogP contribution in [0.4, 0.5) is 17.2 Å². The molecule has 0 radical (unpaired) electrons. The maximum absolute atomic E-state index is 7.11. The lowest BCUT2D eigenvalue weighted by Gasteiger charge is -2.08. The van der Waals surface area contributed by atoms with Gasteiger partial charge in [0.2, 0.25) is 0 Å². The van der Waals surface area contributed by atoms with E-state index < -0.39 is 0 Å². The summed E-state index contributed by atoms with van der Waals surface area (Å²) in [4.78, 5) is 0. The van der Waals surface area contributed by atoms with Gasteiger partial charge in [0.05, 0.1) is 17.9 Å². The number of rotatable bonds is 4. The Kier molecular flexibility index (Phi) is 3.47. The summed E-state index contributed by atoms with van der Waals surface area (Å²) in [5.41, 5.74) is 15.9. The van der Waals surface area contributed by atoms with Crippen molar-refractivity contribution < 1.29 is 0 Å². The molecule has 0 aliphatic rings. The van der Waals surface area contributed by atoms with Crippen LogP contribution < -0.4 is 11.1 Å². The molecule has 1 heterocycles. The van der Waals surface area contributed by atoms with E-state index in [0.29, 0.717) is 18.1 Å². The summed E-state index contributed by atoms with van der Waals surface area (Å²) >= 11 is 0. The van der Waals surface area contributed by atoms with Crippen molar-refractivity contribution in [3.63, 3.8) is 0 Å². The first-order chi connectivity index (χ1) is 8.69. The van der Waals surface area contributed by atoms with Gasteiger partial charge in [-0.1, -0.05) is 6.07 Å². The Labute approximate surface area is 105 Å². The molecule has 6 nitrogen and oxygen atoms in total. The number of benzene rings is 1. The van der Waals surface area contributed by atoms with E-state index >= 15 is 0 Å². The fraction of sp³-hybridized carbons (Fsp3) is 0.167. The number of aromatic nitrogens is 2. The highest BCUT2D eigenvalue weighted by atomic mass is 15.1. The zero-order chi connectivity index (χ0) is 13.0. The van der Waals surface area contributed by atoms with Crippen molar-refractivity contribution in [3.8, 4) is 0 Å². The minimum Gasteiger partial charge on any atom is -0.382 e. The van der Waals surface area contributed by atoms with Crippen LogP contribution in [0, 0.1) is 12.5 Å². The third-order valence-corrected chi connectivity index (χ3v) is 2.47. The molecule has 1 aromatic carbocycles. The molecule has 0 fully saturated rings. The number of nitrogens with one attached hydrogen (secondary N) is 2. The molecule has 1 aromatic heterocycles. The van der Waals surface area contributed by atoms with Gasteiger partial charge >= 0.3 is 0 Å². The van der Waals surface area contributed by atoms with Gasteiger partial charge in [0.1, 0.15) is 11.5 Å². The molecule has 4 N–H and O–H groups in total. The van der Waals surface area contributed by atoms with Gasteiger partial charge in [0, 0.05) is 0 Å². The molecule has 18 heavy (non-hydrogen) atoms. The fourth-order valence-corrected chi connectivity index (χ4v) is 1.54. The molecular weight excluding hydrogens is 228 g/mol. The average Bonchev–Trinajstić information content (AvgIpc) is 2.38. The van der Waals surface area contributed by atoms with E-state index in [1.54, 1.807) is 12.1 Å². The fourth-order valence-electron chi connectivity index (χ4n) is 1.54. The van der Waals surface area contributed by atoms with Gasteiger partial charge in [-0.2, -0.15) is 10.2 Å². The number of nitrogens with two attached hydrogens (primary N) is 1. The third-order valence-electron chi connectivity index (χ3n) is 2.47. The van der Waals surface area contributed by atoms with Gasteiger partial charge in [-0.05, 0) is 36.8 Å². The standard InChI is InChI=1S/C12H14N6/c1-8-2-4-10(16-14)11(6-8)15-7-9-3-5-12(13)18-17-9/h2-6,14-15H,7H2,1H3,(H2,13,18). The summed E-state index contributed by atoms with van der Waals surface area (Å²) in [6.45, 7) is 2.50. The molecule has 92 valence electrons. The van der Waals surface area contributed by atoms with Gasteiger partial charge in [-0.15, -0.1) is 5.10 Å². The van der Waals surface area contributed by atoms with Crippen LogP contribution in [0.1, 0.15) is 11.3 Å². The molecule has 0 saturated heterocycles. The van der Waals surface area contributed by atoms with Gasteiger partial charge in [0.25, 0.3) is 0 Å². The molecule has 0 bridgehead atoms. The molecule has 0 atom stereocenters. The summed E-state index contributed by atoms with van der Waals surface area (Å²) in [5.74, 6) is 0.399. The van der Waals surface area contributed by atoms with Crippen LogP contribution in [0.15, 0.2) is 35.4 Å². The second-order valence-corrected chi connectivity index (χ2v) is 3.94. The molecule has 6 heteroatoms. The van der Waals surface area contributed by atoms with Crippen molar-refractivity contribution in [2.24, 2.45) is 5.11 Å². The van der Waals surface area contributed by atoms with E-state index in [4.69, 9.17) is 11.3 Å². The van der Waals surface area contributed by atoms with Crippen molar-refractivity contribution in [1.82, 2.24) is 10.2 Å². The van der Waals surface area contributed by atoms with Gasteiger partial charge in [-0.25, -0.2) is 5.53 Å². The molecule has 0 spiro atoms. The average molecular weight is 242 g/mol. The predicted octanol–water partition coefficient (Wildman–Crippen LogP) is 2.64. The lowest BCUT2D eigenvalue weighted by atomic mass is 10.2. The second kappa shape index (κ2) is 5.22. The maximum atomic E-state index is 7.11. The van der Waals surface area contributed by atoms with Crippen molar-refractivity contribution in [2.45, 2.75) is 13.5 Å². The number of anilines is 2. The first-order valence-electron chi connectivity index (χ1n) is 5.49. The first-order valence-corrected chi connectivity index (χ1v) is 5.49. The van der Waals surface area contributed by atoms with E-state index in [1.807, 2.05) is 25.1 Å². The molecule has 2 aromatic rings. The van der Waals surface area contributed by atoms with Crippen LogP contribution in [-0.4, -0.2) is 10.2 Å². The summed E-state index contributed by atoms with van der Waals surface area (Å²) in [5, 5.41) is 14.4. The third kappa shape index (κ3) is 2.79. The highest BCUT2D eigenvalue weighted by Gasteiger charge is 2.02. The van der Waals surface area contributed by atoms with E-state index in [-0.39, 0.29) is 0 Å². The van der Waals surface area contributed by atoms with Crippen molar-refractivity contribution in [3.05, 3.63) is 41.6 Å². The minimum absolute atomic E-state index is 0.399. The second-order valence-electron chi connectivity index (χ2n) is 3.94. The Bertz CT molecular complexity index is 549. The quantitative estimate of drug-likeness (QED) is 0.717. The van der Waals surface area contributed by atoms with Crippen LogP contribution in [0.5, 0.6) is 0 Å². The summed E-state index contributed by atoms with van der Waals surface area (Å²) < 4.78 is 0. The molecule has 0 saturated carbocycles. The zero-order valence-corrected chi connectivity index (χ0v) is 10.0. The van der Waals surface area contributed by atoms with Crippen LogP contribution >= 0.6 is 0 Å². The number of nitrogen functional groups attached to an aromatic ring is 1. The summed E-state index contributed by atoms with van der Waals surface area (Å²) in [6.07, 6.45) is 0. The monoisotopic (exact) mass is 242 g/mol. The van der Waals surface area contributed by atoms with E-state index in [1.165, 1.54) is 0 Å². The Morgan fingerprint density at radius 1 is 1.28 bits per heavy atom. The molecule has 0 unspecified atom stereocenters. The summed E-state index contributed by atoms with van der Waals surface area (Å²) in [6, 6.07) is 9.18. The highest BCUT2D eigenvalue weighted by Crippen LogP contribution is 2.26. The molecule has 2 rings (SSSR count). The van der Waals surface area contributed by atoms with Gasteiger partial charge in [0.15, 0.2) is 0 Å². The van der Waals surface area contributed by atoms with E-state index in [0.717, 1.165) is 16.9 Å². The van der Waals surface area contributed by atoms with Crippen molar-refractivity contribution in [2.75, 3.05) is 11.1 Å². The highest BCUT2D eigenvalue weighted by molar-refractivity contribution is 5.65. The number of hydrogen-bond donors (Lipinski definition) is 3. The number of nitrogens with zero attached hydrogens (tertiary/aromatic N) is 3. The largest absolute Gasteiger partial charge is 0.382 e. The van der Waals surface area contributed by atoms with Gasteiger partial charge < -0.3 is 11.1 Å². The lowest BCUT2D eigenvalue weighted by Crippen LogP contribution is -2.04. The van der Waals surface area contributed by atoms with Crippen molar-refractivity contribution >= 4 is 17.2 Å². The molecular formula is C12H14N6. The molecule has 0 amide bonds. The topological polar surface area (TPSA) is 100 Å². The Hall–Kier alpha value is -2.50. The van der Waals surface area contributed by atoms with Crippen LogP contribution in [0.3, 0.4) is 0 Å². The minimum atomic E-state index is 0.399. The normalized spacial score (nSPS) is 10.1. The predicted molar refractivity (Wildman–Crippen MR) is 69.8 cm³/mol. The van der Waals surface area contributed by atoms with Crippen molar-refractivity contribution in [1.29, 1.82) is 5.53 Å². The maximum Gasteiger partial charge on any atom is 0.146 e. The molecule has 0 aliphatic heterocycles. The molecule has 0 aliphatic carbocycles. The summed E-state index contributed by atoms with van der Waals surface area (Å²) in [7, 11) is 0. The Morgan fingerprint density at radius 2 is 2.11 bits per heavy atom. The first kappa shape index (κ1) is 12.0. The zero-order valence-electron chi connectivity index (χ0n) is 10.0. The van der Waals surface area contributed by atoms with Crippen LogP contribution in [0.25, 0.3) is 0 Å². The number of hydrogen-bond acceptors (Lipinski definition) is 6. The van der Waals surface area contributed by atoms with Gasteiger partial charge in [-0.3, -0.25) is 0 Å². The van der Waals surface area contributed by atoms with Crippen LogP contribution in [0.2, 0.25) is 0 Å². The SMILES string of the molecule is Cc1ccc(N=N)c(NCc2ccc(N)nn2)c1. The Morgan fingerprint density at radius 3 is 2.78 bits per heavy atom. The van der Waals surface area contributed by atoms with E-state index in [9.17, 15) is 0 Å². The smallest absolute Gasteiger partial charge is 0.146 e.